The standard InChI is InChI=1S/C15H20N4O2S/c1-10-6-8-13(9-7-10)22(20,21)18-14-11(2)16-15(19(4)5)17-12(14)3/h6-9,18H,1-5H3. The van der Waals surface area contributed by atoms with Gasteiger partial charge in [0, 0.05) is 14.1 Å². The van der Waals surface area contributed by atoms with Crippen LogP contribution in [0.15, 0.2) is 29.2 Å². The van der Waals surface area contributed by atoms with E-state index in [0.29, 0.717) is 23.0 Å². The fourth-order valence-corrected chi connectivity index (χ4v) is 3.13. The summed E-state index contributed by atoms with van der Waals surface area (Å²) >= 11 is 0. The van der Waals surface area contributed by atoms with Gasteiger partial charge in [-0.2, -0.15) is 0 Å². The lowest BCUT2D eigenvalue weighted by molar-refractivity contribution is 0.601. The molecule has 1 aromatic heterocycles. The summed E-state index contributed by atoms with van der Waals surface area (Å²) in [6.45, 7) is 5.43. The van der Waals surface area contributed by atoms with Gasteiger partial charge in [0.05, 0.1) is 22.0 Å². The molecule has 0 aliphatic rings. The zero-order valence-electron chi connectivity index (χ0n) is 13.4. The van der Waals surface area contributed by atoms with Crippen molar-refractivity contribution in [1.82, 2.24) is 9.97 Å². The van der Waals surface area contributed by atoms with E-state index in [1.165, 1.54) is 0 Å². The van der Waals surface area contributed by atoms with Crippen LogP contribution in [-0.4, -0.2) is 32.5 Å². The highest BCUT2D eigenvalue weighted by Gasteiger charge is 2.18. The Hall–Kier alpha value is -2.15. The Bertz CT molecular complexity index is 761. The molecule has 0 aliphatic carbocycles. The van der Waals surface area contributed by atoms with E-state index < -0.39 is 10.0 Å². The summed E-state index contributed by atoms with van der Waals surface area (Å²) in [5.74, 6) is 0.549. The Morgan fingerprint density at radius 3 is 1.91 bits per heavy atom. The zero-order valence-corrected chi connectivity index (χ0v) is 14.2. The van der Waals surface area contributed by atoms with E-state index >= 15 is 0 Å². The van der Waals surface area contributed by atoms with Crippen molar-refractivity contribution in [3.63, 3.8) is 0 Å². The highest BCUT2D eigenvalue weighted by Crippen LogP contribution is 2.23. The van der Waals surface area contributed by atoms with Crippen LogP contribution in [0.3, 0.4) is 0 Å². The van der Waals surface area contributed by atoms with Gasteiger partial charge in [-0.25, -0.2) is 18.4 Å². The molecule has 22 heavy (non-hydrogen) atoms. The Balaban J connectivity index is 2.40. The van der Waals surface area contributed by atoms with Crippen LogP contribution < -0.4 is 9.62 Å². The average Bonchev–Trinajstić information content (AvgIpc) is 2.43. The molecule has 1 heterocycles. The molecule has 1 aromatic carbocycles. The highest BCUT2D eigenvalue weighted by atomic mass is 32.2. The largest absolute Gasteiger partial charge is 0.347 e. The van der Waals surface area contributed by atoms with Crippen molar-refractivity contribution >= 4 is 21.7 Å². The predicted octanol–water partition coefficient (Wildman–Crippen LogP) is 2.27. The molecule has 1 N–H and O–H groups in total. The van der Waals surface area contributed by atoms with E-state index in [1.807, 2.05) is 21.0 Å². The number of rotatable bonds is 4. The smallest absolute Gasteiger partial charge is 0.262 e. The second kappa shape index (κ2) is 5.92. The number of aromatic nitrogens is 2. The van der Waals surface area contributed by atoms with Crippen LogP contribution in [0, 0.1) is 20.8 Å². The van der Waals surface area contributed by atoms with Gasteiger partial charge in [0.15, 0.2) is 0 Å². The first-order valence-corrected chi connectivity index (χ1v) is 8.31. The fraction of sp³-hybridized carbons (Fsp3) is 0.333. The Morgan fingerprint density at radius 1 is 0.955 bits per heavy atom. The van der Waals surface area contributed by atoms with Gasteiger partial charge in [-0.1, -0.05) is 17.7 Å². The lowest BCUT2D eigenvalue weighted by Gasteiger charge is -2.16. The van der Waals surface area contributed by atoms with E-state index in [4.69, 9.17) is 0 Å². The molecule has 0 bridgehead atoms. The minimum atomic E-state index is -3.65. The first kappa shape index (κ1) is 16.2. The van der Waals surface area contributed by atoms with Crippen molar-refractivity contribution in [1.29, 1.82) is 0 Å². The Kier molecular flexibility index (Phi) is 4.37. The minimum absolute atomic E-state index is 0.216. The number of aryl methyl sites for hydroxylation is 3. The molecule has 6 nitrogen and oxygen atoms in total. The van der Waals surface area contributed by atoms with Gasteiger partial charge in [0.2, 0.25) is 5.95 Å². The third-order valence-electron chi connectivity index (χ3n) is 3.23. The van der Waals surface area contributed by atoms with E-state index in [1.54, 1.807) is 43.0 Å². The van der Waals surface area contributed by atoms with Crippen LogP contribution in [0.2, 0.25) is 0 Å². The number of hydrogen-bond acceptors (Lipinski definition) is 5. The molecule has 0 unspecified atom stereocenters. The molecule has 0 fully saturated rings. The van der Waals surface area contributed by atoms with Gasteiger partial charge < -0.3 is 4.90 Å². The fourth-order valence-electron chi connectivity index (χ4n) is 1.96. The third kappa shape index (κ3) is 3.36. The molecule has 0 amide bonds. The molecular weight excluding hydrogens is 300 g/mol. The van der Waals surface area contributed by atoms with Crippen molar-refractivity contribution in [2.24, 2.45) is 0 Å². The van der Waals surface area contributed by atoms with E-state index in [2.05, 4.69) is 14.7 Å². The summed E-state index contributed by atoms with van der Waals surface area (Å²) in [6, 6.07) is 6.69. The number of anilines is 2. The van der Waals surface area contributed by atoms with Crippen molar-refractivity contribution in [2.45, 2.75) is 25.7 Å². The van der Waals surface area contributed by atoms with Crippen molar-refractivity contribution in [3.8, 4) is 0 Å². The van der Waals surface area contributed by atoms with Crippen molar-refractivity contribution in [2.75, 3.05) is 23.7 Å². The SMILES string of the molecule is Cc1ccc(S(=O)(=O)Nc2c(C)nc(N(C)C)nc2C)cc1. The van der Waals surface area contributed by atoms with E-state index in [0.717, 1.165) is 5.56 Å². The molecule has 0 saturated heterocycles. The summed E-state index contributed by atoms with van der Waals surface area (Å²) in [6.07, 6.45) is 0. The number of nitrogens with one attached hydrogen (secondary N) is 1. The maximum absolute atomic E-state index is 12.5. The highest BCUT2D eigenvalue weighted by molar-refractivity contribution is 7.92. The van der Waals surface area contributed by atoms with E-state index in [-0.39, 0.29) is 4.90 Å². The topological polar surface area (TPSA) is 75.2 Å². The lowest BCUT2D eigenvalue weighted by Crippen LogP contribution is -2.18. The first-order chi connectivity index (χ1) is 10.2. The maximum Gasteiger partial charge on any atom is 0.262 e. The summed E-state index contributed by atoms with van der Waals surface area (Å²) in [5, 5.41) is 0. The van der Waals surface area contributed by atoms with Crippen molar-refractivity contribution < 1.29 is 8.42 Å². The second-order valence-corrected chi connectivity index (χ2v) is 7.06. The second-order valence-electron chi connectivity index (χ2n) is 5.38. The molecule has 0 atom stereocenters. The van der Waals surface area contributed by atoms with Crippen molar-refractivity contribution in [3.05, 3.63) is 41.2 Å². The van der Waals surface area contributed by atoms with Crippen LogP contribution >= 0.6 is 0 Å². The summed E-state index contributed by atoms with van der Waals surface area (Å²) in [5.41, 5.74) is 2.61. The van der Waals surface area contributed by atoms with Gasteiger partial charge in [0.25, 0.3) is 10.0 Å². The Morgan fingerprint density at radius 2 is 1.45 bits per heavy atom. The molecule has 7 heteroatoms. The zero-order chi connectivity index (χ0) is 16.5. The van der Waals surface area contributed by atoms with E-state index in [9.17, 15) is 8.42 Å². The van der Waals surface area contributed by atoms with Crippen LogP contribution in [-0.2, 0) is 10.0 Å². The van der Waals surface area contributed by atoms with Gasteiger partial charge in [-0.15, -0.1) is 0 Å². The molecule has 2 rings (SSSR count). The summed E-state index contributed by atoms with van der Waals surface area (Å²) in [4.78, 5) is 10.6. The average molecular weight is 320 g/mol. The predicted molar refractivity (Wildman–Crippen MR) is 87.8 cm³/mol. The molecule has 0 saturated carbocycles. The first-order valence-electron chi connectivity index (χ1n) is 6.83. The molecule has 0 spiro atoms. The third-order valence-corrected chi connectivity index (χ3v) is 4.59. The molecule has 0 radical (unpaired) electrons. The number of benzene rings is 1. The van der Waals surface area contributed by atoms with Crippen LogP contribution in [0.4, 0.5) is 11.6 Å². The van der Waals surface area contributed by atoms with Gasteiger partial charge >= 0.3 is 0 Å². The molecule has 118 valence electrons. The molecule has 0 aliphatic heterocycles. The summed E-state index contributed by atoms with van der Waals surface area (Å²) < 4.78 is 27.5. The normalized spacial score (nSPS) is 11.3. The number of sulfonamides is 1. The number of hydrogen-bond donors (Lipinski definition) is 1. The van der Waals surface area contributed by atoms with Crippen LogP contribution in [0.5, 0.6) is 0 Å². The van der Waals surface area contributed by atoms with Crippen LogP contribution in [0.25, 0.3) is 0 Å². The van der Waals surface area contributed by atoms with Crippen LogP contribution in [0.1, 0.15) is 17.0 Å². The maximum atomic E-state index is 12.5. The summed E-state index contributed by atoms with van der Waals surface area (Å²) in [7, 11) is 0.0235. The minimum Gasteiger partial charge on any atom is -0.347 e. The van der Waals surface area contributed by atoms with Gasteiger partial charge in [0.1, 0.15) is 0 Å². The van der Waals surface area contributed by atoms with Gasteiger partial charge in [-0.3, -0.25) is 4.72 Å². The molecular formula is C15H20N4O2S. The monoisotopic (exact) mass is 320 g/mol. The Labute approximate surface area is 131 Å². The van der Waals surface area contributed by atoms with Gasteiger partial charge in [-0.05, 0) is 32.9 Å². The molecule has 2 aromatic rings. The number of nitrogens with zero attached hydrogens (tertiary/aromatic N) is 3. The lowest BCUT2D eigenvalue weighted by atomic mass is 10.2. The quantitative estimate of drug-likeness (QED) is 0.935.